The molecule has 0 unspecified atom stereocenters. The molecule has 3 heteroatoms. The van der Waals surface area contributed by atoms with Crippen LogP contribution in [0.4, 0.5) is 0 Å². The lowest BCUT2D eigenvalue weighted by Crippen LogP contribution is -2.36. The van der Waals surface area contributed by atoms with E-state index in [9.17, 15) is 4.79 Å². The van der Waals surface area contributed by atoms with Crippen molar-refractivity contribution in [3.63, 3.8) is 0 Å². The topological polar surface area (TPSA) is 41.1 Å². The van der Waals surface area contributed by atoms with Crippen molar-refractivity contribution in [1.82, 2.24) is 10.6 Å². The van der Waals surface area contributed by atoms with Gasteiger partial charge in [0.15, 0.2) is 0 Å². The molecular weight excluding hydrogens is 272 g/mol. The standard InChI is InChI=1S/C19H20N2O/c1-3-13-20-18(22)14-21-19(16-7-5-4-6-8-16)17-11-9-15(2)10-12-17/h1,4-12,19,21H,13-14H2,2H3,(H,20,22)/t19-/m0/s1. The SMILES string of the molecule is C#CCNC(=O)CN[C@@H](c1ccccc1)c1ccc(C)cc1. The third-order valence-corrected chi connectivity index (χ3v) is 3.40. The summed E-state index contributed by atoms with van der Waals surface area (Å²) < 4.78 is 0. The second-order valence-corrected chi connectivity index (χ2v) is 5.12. The van der Waals surface area contributed by atoms with Gasteiger partial charge in [-0.2, -0.15) is 0 Å². The fraction of sp³-hybridized carbons (Fsp3) is 0.211. The first-order chi connectivity index (χ1) is 10.7. The fourth-order valence-corrected chi connectivity index (χ4v) is 2.24. The zero-order valence-electron chi connectivity index (χ0n) is 12.7. The van der Waals surface area contributed by atoms with Crippen LogP contribution in [0.2, 0.25) is 0 Å². The molecule has 0 aromatic heterocycles. The van der Waals surface area contributed by atoms with Crippen LogP contribution in [0.3, 0.4) is 0 Å². The summed E-state index contributed by atoms with van der Waals surface area (Å²) in [6.45, 7) is 2.53. The molecule has 22 heavy (non-hydrogen) atoms. The van der Waals surface area contributed by atoms with Crippen molar-refractivity contribution >= 4 is 5.91 Å². The van der Waals surface area contributed by atoms with Crippen molar-refractivity contribution in [2.75, 3.05) is 13.1 Å². The molecule has 0 bridgehead atoms. The summed E-state index contributed by atoms with van der Waals surface area (Å²) in [7, 11) is 0. The Balaban J connectivity index is 2.14. The van der Waals surface area contributed by atoms with Gasteiger partial charge in [0, 0.05) is 0 Å². The second kappa shape index (κ2) is 8.02. The maximum absolute atomic E-state index is 11.8. The molecule has 1 atom stereocenters. The van der Waals surface area contributed by atoms with E-state index >= 15 is 0 Å². The van der Waals surface area contributed by atoms with Gasteiger partial charge in [0.2, 0.25) is 5.91 Å². The smallest absolute Gasteiger partial charge is 0.234 e. The molecule has 2 rings (SSSR count). The second-order valence-electron chi connectivity index (χ2n) is 5.12. The highest BCUT2D eigenvalue weighted by Gasteiger charge is 2.14. The molecule has 2 aromatic carbocycles. The largest absolute Gasteiger partial charge is 0.344 e. The van der Waals surface area contributed by atoms with Crippen molar-refractivity contribution in [3.05, 3.63) is 71.3 Å². The van der Waals surface area contributed by atoms with Crippen LogP contribution in [-0.2, 0) is 4.79 Å². The summed E-state index contributed by atoms with van der Waals surface area (Å²) >= 11 is 0. The van der Waals surface area contributed by atoms with Crippen LogP contribution < -0.4 is 10.6 Å². The lowest BCUT2D eigenvalue weighted by Gasteiger charge is -2.20. The third kappa shape index (κ3) is 4.47. The Bertz CT molecular complexity index is 641. The average molecular weight is 292 g/mol. The predicted molar refractivity (Wildman–Crippen MR) is 89.3 cm³/mol. The number of amides is 1. The minimum Gasteiger partial charge on any atom is -0.344 e. The van der Waals surface area contributed by atoms with E-state index in [-0.39, 0.29) is 25.0 Å². The molecule has 0 saturated carbocycles. The van der Waals surface area contributed by atoms with Gasteiger partial charge in [-0.25, -0.2) is 0 Å². The van der Waals surface area contributed by atoms with Crippen LogP contribution >= 0.6 is 0 Å². The summed E-state index contributed by atoms with van der Waals surface area (Å²) in [6.07, 6.45) is 5.14. The Morgan fingerprint density at radius 3 is 2.36 bits per heavy atom. The number of nitrogens with one attached hydrogen (secondary N) is 2. The maximum Gasteiger partial charge on any atom is 0.234 e. The summed E-state index contributed by atoms with van der Waals surface area (Å²) in [4.78, 5) is 11.8. The molecule has 0 saturated heterocycles. The van der Waals surface area contributed by atoms with Gasteiger partial charge >= 0.3 is 0 Å². The molecular formula is C19H20N2O. The summed E-state index contributed by atoms with van der Waals surface area (Å²) in [6, 6.07) is 18.4. The number of hydrogen-bond acceptors (Lipinski definition) is 2. The van der Waals surface area contributed by atoms with E-state index in [1.165, 1.54) is 5.56 Å². The first kappa shape index (κ1) is 15.8. The first-order valence-corrected chi connectivity index (χ1v) is 7.26. The Hall–Kier alpha value is -2.57. The quantitative estimate of drug-likeness (QED) is 0.803. The molecule has 0 spiro atoms. The fourth-order valence-electron chi connectivity index (χ4n) is 2.24. The maximum atomic E-state index is 11.8. The first-order valence-electron chi connectivity index (χ1n) is 7.26. The third-order valence-electron chi connectivity index (χ3n) is 3.40. The molecule has 0 aliphatic rings. The van der Waals surface area contributed by atoms with Gasteiger partial charge in [0.25, 0.3) is 0 Å². The summed E-state index contributed by atoms with van der Waals surface area (Å²) in [5, 5.41) is 5.96. The predicted octanol–water partition coefficient (Wildman–Crippen LogP) is 2.42. The number of benzene rings is 2. The molecule has 0 radical (unpaired) electrons. The van der Waals surface area contributed by atoms with Gasteiger partial charge in [-0.1, -0.05) is 66.1 Å². The van der Waals surface area contributed by atoms with Gasteiger partial charge in [-0.05, 0) is 18.1 Å². The van der Waals surface area contributed by atoms with E-state index in [4.69, 9.17) is 6.42 Å². The van der Waals surface area contributed by atoms with Crippen LogP contribution in [0.5, 0.6) is 0 Å². The minimum atomic E-state index is -0.106. The number of hydrogen-bond donors (Lipinski definition) is 2. The molecule has 0 fully saturated rings. The van der Waals surface area contributed by atoms with Gasteiger partial charge < -0.3 is 5.32 Å². The highest BCUT2D eigenvalue weighted by molar-refractivity contribution is 5.78. The van der Waals surface area contributed by atoms with Crippen LogP contribution in [0, 0.1) is 19.3 Å². The van der Waals surface area contributed by atoms with E-state index < -0.39 is 0 Å². The molecule has 2 aromatic rings. The monoisotopic (exact) mass is 292 g/mol. The minimum absolute atomic E-state index is 0.0293. The molecule has 0 aliphatic heterocycles. The van der Waals surface area contributed by atoms with Gasteiger partial charge in [-0.15, -0.1) is 6.42 Å². The van der Waals surface area contributed by atoms with Crippen molar-refractivity contribution in [1.29, 1.82) is 0 Å². The summed E-state index contributed by atoms with van der Waals surface area (Å²) in [5.41, 5.74) is 3.46. The number of carbonyl (C=O) groups excluding carboxylic acids is 1. The Morgan fingerprint density at radius 1 is 1.09 bits per heavy atom. The normalized spacial score (nSPS) is 11.5. The molecule has 0 aliphatic carbocycles. The van der Waals surface area contributed by atoms with Crippen LogP contribution in [-0.4, -0.2) is 19.0 Å². The van der Waals surface area contributed by atoms with Gasteiger partial charge in [0.1, 0.15) is 0 Å². The Morgan fingerprint density at radius 2 is 1.73 bits per heavy atom. The zero-order valence-corrected chi connectivity index (χ0v) is 12.7. The van der Waals surface area contributed by atoms with Crippen LogP contribution in [0.15, 0.2) is 54.6 Å². The van der Waals surface area contributed by atoms with Crippen molar-refractivity contribution in [2.45, 2.75) is 13.0 Å². The molecule has 0 heterocycles. The summed E-state index contributed by atoms with van der Waals surface area (Å²) in [5.74, 6) is 2.29. The van der Waals surface area contributed by atoms with Gasteiger partial charge in [-0.3, -0.25) is 10.1 Å². The molecule has 3 nitrogen and oxygen atoms in total. The molecule has 1 amide bonds. The zero-order chi connectivity index (χ0) is 15.8. The Kier molecular flexibility index (Phi) is 5.76. The van der Waals surface area contributed by atoms with E-state index in [1.54, 1.807) is 0 Å². The van der Waals surface area contributed by atoms with E-state index in [0.717, 1.165) is 11.1 Å². The van der Waals surface area contributed by atoms with Crippen molar-refractivity contribution < 1.29 is 4.79 Å². The highest BCUT2D eigenvalue weighted by Crippen LogP contribution is 2.22. The van der Waals surface area contributed by atoms with Crippen LogP contribution in [0.25, 0.3) is 0 Å². The lowest BCUT2D eigenvalue weighted by molar-refractivity contribution is -0.120. The Labute approximate surface area is 131 Å². The molecule has 2 N–H and O–H groups in total. The van der Waals surface area contributed by atoms with E-state index in [0.29, 0.717) is 0 Å². The van der Waals surface area contributed by atoms with E-state index in [1.807, 2.05) is 18.2 Å². The molecule has 112 valence electrons. The average Bonchev–Trinajstić information content (AvgIpc) is 2.55. The van der Waals surface area contributed by atoms with Crippen molar-refractivity contribution in [2.24, 2.45) is 0 Å². The van der Waals surface area contributed by atoms with Crippen LogP contribution in [0.1, 0.15) is 22.7 Å². The number of carbonyl (C=O) groups is 1. The number of rotatable bonds is 6. The number of aryl methyl sites for hydroxylation is 1. The van der Waals surface area contributed by atoms with E-state index in [2.05, 4.69) is 59.9 Å². The lowest BCUT2D eigenvalue weighted by atomic mass is 9.98. The number of terminal acetylenes is 1. The van der Waals surface area contributed by atoms with Gasteiger partial charge in [0.05, 0.1) is 19.1 Å². The van der Waals surface area contributed by atoms with Crippen molar-refractivity contribution in [3.8, 4) is 12.3 Å². The highest BCUT2D eigenvalue weighted by atomic mass is 16.1.